The number of nitrogens with zero attached hydrogens (tertiary/aromatic N) is 6. The quantitative estimate of drug-likeness (QED) is 0.177. The molecule has 0 unspecified atom stereocenters. The molecule has 0 fully saturated rings. The molecule has 0 spiro atoms. The van der Waals surface area contributed by atoms with Crippen molar-refractivity contribution in [1.29, 1.82) is 0 Å². The average Bonchev–Trinajstić information content (AvgIpc) is 3.06. The second-order valence-electron chi connectivity index (χ2n) is 10.7. The minimum atomic E-state index is -1.29. The molecule has 3 rings (SSSR count). The van der Waals surface area contributed by atoms with Gasteiger partial charge in [-0.1, -0.05) is 37.3 Å². The van der Waals surface area contributed by atoms with Crippen LogP contribution in [0.25, 0.3) is 0 Å². The van der Waals surface area contributed by atoms with E-state index in [0.717, 1.165) is 22.6 Å². The van der Waals surface area contributed by atoms with Crippen LogP contribution in [0.2, 0.25) is 0 Å². The highest BCUT2D eigenvalue weighted by Gasteiger charge is 2.29. The van der Waals surface area contributed by atoms with Crippen molar-refractivity contribution in [3.63, 3.8) is 0 Å². The van der Waals surface area contributed by atoms with Crippen LogP contribution in [0.5, 0.6) is 5.75 Å². The standard InChI is InChI=1S/C33H41N7O8/c1-7-23-12-10-11-13-26(23)39(8-2)31-34-19-27(40(21-41)32(45)38(6)20-28(42)47-9-3)29(36-31)35-25(30(43)44)18-22-14-16-24(17-15-22)48-33(46)37(4)5/h10-17,19,21,25H,7-9,18,20H2,1-6H3,(H,43,44)(H,34,35,36)/t25-/m0/s1. The van der Waals surface area contributed by atoms with Gasteiger partial charge in [-0.15, -0.1) is 0 Å². The van der Waals surface area contributed by atoms with Crippen molar-refractivity contribution >= 4 is 53.6 Å². The van der Waals surface area contributed by atoms with E-state index in [1.165, 1.54) is 18.1 Å². The number of benzene rings is 2. The van der Waals surface area contributed by atoms with Gasteiger partial charge in [-0.05, 0) is 49.6 Å². The van der Waals surface area contributed by atoms with E-state index < -0.39 is 36.6 Å². The van der Waals surface area contributed by atoms with Crippen LogP contribution in [0.4, 0.5) is 32.7 Å². The molecule has 0 radical (unpaired) electrons. The Balaban J connectivity index is 2.05. The largest absolute Gasteiger partial charge is 0.480 e. The van der Waals surface area contributed by atoms with Gasteiger partial charge in [0.1, 0.15) is 24.0 Å². The van der Waals surface area contributed by atoms with Gasteiger partial charge in [0.2, 0.25) is 12.4 Å². The molecule has 0 aliphatic carbocycles. The molecular formula is C33H41N7O8. The monoisotopic (exact) mass is 663 g/mol. The molecule has 15 nitrogen and oxygen atoms in total. The van der Waals surface area contributed by atoms with Gasteiger partial charge in [-0.2, -0.15) is 4.98 Å². The Kier molecular flexibility index (Phi) is 13.2. The Bertz CT molecular complexity index is 1600. The number of nitrogens with one attached hydrogen (secondary N) is 1. The number of imide groups is 1. The van der Waals surface area contributed by atoms with E-state index in [4.69, 9.17) is 9.47 Å². The molecule has 2 N–H and O–H groups in total. The van der Waals surface area contributed by atoms with Crippen molar-refractivity contribution in [2.75, 3.05) is 56.0 Å². The van der Waals surface area contributed by atoms with Crippen LogP contribution in [0.15, 0.2) is 54.7 Å². The third-order valence-electron chi connectivity index (χ3n) is 7.09. The lowest BCUT2D eigenvalue weighted by Crippen LogP contribution is -2.44. The Labute approximate surface area is 279 Å². The van der Waals surface area contributed by atoms with Gasteiger partial charge < -0.3 is 34.6 Å². The zero-order chi connectivity index (χ0) is 35.4. The van der Waals surface area contributed by atoms with E-state index in [-0.39, 0.29) is 42.6 Å². The first kappa shape index (κ1) is 36.7. The van der Waals surface area contributed by atoms with Crippen LogP contribution in [0.3, 0.4) is 0 Å². The van der Waals surface area contributed by atoms with Gasteiger partial charge in [-0.3, -0.25) is 9.59 Å². The fraction of sp³-hybridized carbons (Fsp3) is 0.364. The van der Waals surface area contributed by atoms with E-state index in [1.807, 2.05) is 43.0 Å². The van der Waals surface area contributed by atoms with Crippen molar-refractivity contribution in [2.24, 2.45) is 0 Å². The van der Waals surface area contributed by atoms with Crippen molar-refractivity contribution in [3.05, 3.63) is 65.9 Å². The maximum absolute atomic E-state index is 13.4. The number of hydrogen-bond donors (Lipinski definition) is 2. The maximum atomic E-state index is 13.4. The normalized spacial score (nSPS) is 11.1. The number of amides is 4. The van der Waals surface area contributed by atoms with Crippen LogP contribution in [0, 0.1) is 0 Å². The number of hydrogen-bond acceptors (Lipinski definition) is 11. The zero-order valence-electron chi connectivity index (χ0n) is 27.9. The molecule has 15 heteroatoms. The summed E-state index contributed by atoms with van der Waals surface area (Å²) in [4.78, 5) is 76.1. The van der Waals surface area contributed by atoms with Gasteiger partial charge in [0.05, 0.1) is 12.8 Å². The number of carboxylic acids is 1. The first-order chi connectivity index (χ1) is 22.9. The number of anilines is 4. The minimum Gasteiger partial charge on any atom is -0.480 e. The van der Waals surface area contributed by atoms with Gasteiger partial charge in [0.25, 0.3) is 0 Å². The number of likely N-dealkylation sites (N-methyl/N-ethyl adjacent to an activating group) is 1. The number of para-hydroxylation sites is 1. The molecule has 0 aliphatic rings. The van der Waals surface area contributed by atoms with Crippen LogP contribution in [0.1, 0.15) is 31.9 Å². The molecule has 3 aromatic rings. The van der Waals surface area contributed by atoms with Crippen LogP contribution in [-0.2, 0) is 32.0 Å². The molecule has 0 saturated carbocycles. The fourth-order valence-electron chi connectivity index (χ4n) is 4.61. The molecule has 1 atom stereocenters. The number of carbonyl (C=O) groups is 5. The number of carboxylic acid groups (broad SMARTS) is 1. The highest BCUT2D eigenvalue weighted by Crippen LogP contribution is 2.31. The van der Waals surface area contributed by atoms with Crippen molar-refractivity contribution in [2.45, 2.75) is 39.7 Å². The second-order valence-corrected chi connectivity index (χ2v) is 10.7. The SMILES string of the molecule is CCOC(=O)CN(C)C(=O)N(C=O)c1cnc(N(CC)c2ccccc2CC)nc1N[C@@H](Cc1ccc(OC(=O)N(C)C)cc1)C(=O)O. The summed E-state index contributed by atoms with van der Waals surface area (Å²) in [6.45, 7) is 5.66. The average molecular weight is 664 g/mol. The number of rotatable bonds is 15. The first-order valence-electron chi connectivity index (χ1n) is 15.3. The minimum absolute atomic E-state index is 0.0516. The predicted molar refractivity (Wildman–Crippen MR) is 179 cm³/mol. The van der Waals surface area contributed by atoms with Crippen LogP contribution < -0.4 is 19.9 Å². The Morgan fingerprint density at radius 3 is 2.25 bits per heavy atom. The summed E-state index contributed by atoms with van der Waals surface area (Å²) in [7, 11) is 4.41. The Morgan fingerprint density at radius 2 is 1.67 bits per heavy atom. The summed E-state index contributed by atoms with van der Waals surface area (Å²) >= 11 is 0. The topological polar surface area (TPSA) is 175 Å². The lowest BCUT2D eigenvalue weighted by Gasteiger charge is -2.28. The smallest absolute Gasteiger partial charge is 0.414 e. The maximum Gasteiger partial charge on any atom is 0.414 e. The molecule has 0 bridgehead atoms. The summed E-state index contributed by atoms with van der Waals surface area (Å²) in [5.41, 5.74) is 2.31. The Hall–Kier alpha value is -5.73. The number of aryl methyl sites for hydroxylation is 1. The molecule has 0 aliphatic heterocycles. The molecule has 2 aromatic carbocycles. The summed E-state index contributed by atoms with van der Waals surface area (Å²) in [5, 5.41) is 13.1. The number of ether oxygens (including phenoxy) is 2. The van der Waals surface area contributed by atoms with Crippen LogP contribution >= 0.6 is 0 Å². The summed E-state index contributed by atoms with van der Waals surface area (Å²) in [5.74, 6) is -1.55. The number of esters is 1. The molecule has 0 saturated heterocycles. The van der Waals surface area contributed by atoms with E-state index in [0.29, 0.717) is 17.0 Å². The summed E-state index contributed by atoms with van der Waals surface area (Å²) < 4.78 is 10.2. The zero-order valence-corrected chi connectivity index (χ0v) is 27.9. The number of aromatic nitrogens is 2. The second kappa shape index (κ2) is 17.3. The fourth-order valence-corrected chi connectivity index (χ4v) is 4.61. The predicted octanol–water partition coefficient (Wildman–Crippen LogP) is 3.94. The van der Waals surface area contributed by atoms with Crippen molar-refractivity contribution < 1.29 is 38.6 Å². The first-order valence-corrected chi connectivity index (χ1v) is 15.3. The molecule has 1 aromatic heterocycles. The van der Waals surface area contributed by atoms with Gasteiger partial charge in [0, 0.05) is 39.8 Å². The summed E-state index contributed by atoms with van der Waals surface area (Å²) in [6.07, 6.45) is 1.60. The van der Waals surface area contributed by atoms with E-state index >= 15 is 0 Å². The van der Waals surface area contributed by atoms with E-state index in [1.54, 1.807) is 45.3 Å². The lowest BCUT2D eigenvalue weighted by atomic mass is 10.1. The summed E-state index contributed by atoms with van der Waals surface area (Å²) in [6, 6.07) is 11.8. The molecular weight excluding hydrogens is 622 g/mol. The third-order valence-corrected chi connectivity index (χ3v) is 7.09. The third kappa shape index (κ3) is 9.40. The van der Waals surface area contributed by atoms with Gasteiger partial charge in [0.15, 0.2) is 5.82 Å². The molecule has 4 amide bonds. The van der Waals surface area contributed by atoms with Gasteiger partial charge >= 0.3 is 24.1 Å². The van der Waals surface area contributed by atoms with Crippen molar-refractivity contribution in [1.82, 2.24) is 19.8 Å². The van der Waals surface area contributed by atoms with Crippen molar-refractivity contribution in [3.8, 4) is 5.75 Å². The molecule has 48 heavy (non-hydrogen) atoms. The van der Waals surface area contributed by atoms with Crippen LogP contribution in [-0.4, -0.2) is 102 Å². The van der Waals surface area contributed by atoms with Gasteiger partial charge in [-0.25, -0.2) is 24.3 Å². The van der Waals surface area contributed by atoms with E-state index in [9.17, 15) is 29.1 Å². The Morgan fingerprint density at radius 1 is 0.979 bits per heavy atom. The molecule has 1 heterocycles. The number of carbonyl (C=O) groups excluding carboxylic acids is 4. The number of urea groups is 1. The highest BCUT2D eigenvalue weighted by molar-refractivity contribution is 6.08. The highest BCUT2D eigenvalue weighted by atomic mass is 16.6. The lowest BCUT2D eigenvalue weighted by molar-refractivity contribution is -0.143. The molecule has 256 valence electrons. The van der Waals surface area contributed by atoms with E-state index in [2.05, 4.69) is 15.3 Å². The number of aliphatic carboxylic acids is 1.